The van der Waals surface area contributed by atoms with Crippen molar-refractivity contribution in [3.05, 3.63) is 23.5 Å². The van der Waals surface area contributed by atoms with Crippen LogP contribution in [0.1, 0.15) is 6.42 Å². The van der Waals surface area contributed by atoms with Crippen LogP contribution in [-0.4, -0.2) is 52.3 Å². The van der Waals surface area contributed by atoms with Crippen molar-refractivity contribution in [3.8, 4) is 0 Å². The standard InChI is InChI=1S/C13H16Cl2N4OS/c1-19(12(20)3-4-21-2)11(13(15)16)8-18-10-5-9(14)6-17-7-10/h5-8,11,16H,3-4H2,1-2H3. The van der Waals surface area contributed by atoms with E-state index in [-0.39, 0.29) is 11.1 Å². The minimum Gasteiger partial charge on any atom is -0.331 e. The lowest BCUT2D eigenvalue weighted by molar-refractivity contribution is -0.129. The first-order valence-electron chi connectivity index (χ1n) is 6.09. The molecule has 1 unspecified atom stereocenters. The predicted molar refractivity (Wildman–Crippen MR) is 90.5 cm³/mol. The molecule has 0 saturated carbocycles. The molecule has 0 fully saturated rings. The first kappa shape index (κ1) is 17.9. The lowest BCUT2D eigenvalue weighted by Gasteiger charge is -2.23. The lowest BCUT2D eigenvalue weighted by atomic mass is 10.2. The van der Waals surface area contributed by atoms with Gasteiger partial charge in [0, 0.05) is 31.6 Å². The zero-order valence-corrected chi connectivity index (χ0v) is 14.0. The van der Waals surface area contributed by atoms with Crippen LogP contribution in [0.2, 0.25) is 5.02 Å². The fourth-order valence-corrected chi connectivity index (χ4v) is 2.23. The van der Waals surface area contributed by atoms with Gasteiger partial charge in [0.1, 0.15) is 11.2 Å². The van der Waals surface area contributed by atoms with Crippen LogP contribution in [0.3, 0.4) is 0 Å². The summed E-state index contributed by atoms with van der Waals surface area (Å²) in [7, 11) is 1.60. The van der Waals surface area contributed by atoms with Crippen molar-refractivity contribution in [2.45, 2.75) is 12.5 Å². The van der Waals surface area contributed by atoms with Crippen molar-refractivity contribution in [3.63, 3.8) is 0 Å². The summed E-state index contributed by atoms with van der Waals surface area (Å²) in [6, 6.07) is 0.940. The molecule has 1 heterocycles. The Kier molecular flexibility index (Phi) is 7.71. The quantitative estimate of drug-likeness (QED) is 0.770. The smallest absolute Gasteiger partial charge is 0.224 e. The third-order valence-electron chi connectivity index (χ3n) is 2.65. The van der Waals surface area contributed by atoms with E-state index < -0.39 is 6.04 Å². The number of hydrogen-bond acceptors (Lipinski definition) is 5. The normalized spacial score (nSPS) is 12.4. The highest BCUT2D eigenvalue weighted by molar-refractivity contribution is 7.98. The highest BCUT2D eigenvalue weighted by Crippen LogP contribution is 2.16. The van der Waals surface area contributed by atoms with E-state index in [1.54, 1.807) is 24.9 Å². The van der Waals surface area contributed by atoms with Crippen LogP contribution in [-0.2, 0) is 4.79 Å². The zero-order valence-electron chi connectivity index (χ0n) is 11.7. The Hall–Kier alpha value is -1.11. The maximum absolute atomic E-state index is 12.0. The Morgan fingerprint density at radius 2 is 2.33 bits per heavy atom. The maximum Gasteiger partial charge on any atom is 0.224 e. The molecule has 0 spiro atoms. The van der Waals surface area contributed by atoms with E-state index in [1.165, 1.54) is 23.5 Å². The molecule has 1 aromatic rings. The number of pyridine rings is 1. The Balaban J connectivity index is 2.82. The molecular weight excluding hydrogens is 331 g/mol. The fraction of sp³-hybridized carbons (Fsp3) is 0.385. The van der Waals surface area contributed by atoms with Gasteiger partial charge in [-0.3, -0.25) is 20.2 Å². The number of aromatic nitrogens is 1. The van der Waals surface area contributed by atoms with Gasteiger partial charge in [-0.05, 0) is 12.3 Å². The number of carbonyl (C=O) groups excluding carboxylic acids is 1. The van der Waals surface area contributed by atoms with Crippen LogP contribution < -0.4 is 0 Å². The van der Waals surface area contributed by atoms with Crippen LogP contribution >= 0.6 is 35.0 Å². The summed E-state index contributed by atoms with van der Waals surface area (Å²) < 4.78 is 0. The lowest BCUT2D eigenvalue weighted by Crippen LogP contribution is -2.41. The van der Waals surface area contributed by atoms with E-state index in [0.717, 1.165) is 5.75 Å². The van der Waals surface area contributed by atoms with Crippen LogP contribution in [0.4, 0.5) is 5.69 Å². The second kappa shape index (κ2) is 9.02. The minimum absolute atomic E-state index is 0.0876. The fourth-order valence-electron chi connectivity index (χ4n) is 1.48. The first-order chi connectivity index (χ1) is 9.95. The van der Waals surface area contributed by atoms with Crippen LogP contribution in [0, 0.1) is 5.41 Å². The summed E-state index contributed by atoms with van der Waals surface area (Å²) in [5, 5.41) is 7.89. The molecule has 114 valence electrons. The number of carbonyl (C=O) groups is 1. The number of halogens is 2. The van der Waals surface area contributed by atoms with E-state index >= 15 is 0 Å². The van der Waals surface area contributed by atoms with Crippen molar-refractivity contribution in [2.24, 2.45) is 4.99 Å². The summed E-state index contributed by atoms with van der Waals surface area (Å²) in [5.41, 5.74) is 0.537. The molecule has 5 nitrogen and oxygen atoms in total. The molecule has 1 atom stereocenters. The third-order valence-corrected chi connectivity index (χ3v) is 3.69. The number of hydrogen-bond donors (Lipinski definition) is 1. The van der Waals surface area contributed by atoms with Gasteiger partial charge in [-0.25, -0.2) is 0 Å². The van der Waals surface area contributed by atoms with Gasteiger partial charge in [0.2, 0.25) is 5.91 Å². The summed E-state index contributed by atoms with van der Waals surface area (Å²) in [6.45, 7) is 0. The molecule has 8 heteroatoms. The van der Waals surface area contributed by atoms with Crippen molar-refractivity contribution in [1.29, 1.82) is 5.41 Å². The Bertz CT molecular complexity index is 539. The van der Waals surface area contributed by atoms with Gasteiger partial charge in [0.05, 0.1) is 16.9 Å². The number of nitrogens with zero attached hydrogens (tertiary/aromatic N) is 3. The molecular formula is C13H16Cl2N4OS. The number of nitrogens with one attached hydrogen (secondary N) is 1. The van der Waals surface area contributed by atoms with E-state index in [1.807, 2.05) is 6.26 Å². The van der Waals surface area contributed by atoms with Crippen LogP contribution in [0.15, 0.2) is 23.5 Å². The van der Waals surface area contributed by atoms with Crippen molar-refractivity contribution >= 4 is 57.9 Å². The average molecular weight is 347 g/mol. The topological polar surface area (TPSA) is 69.4 Å². The number of aliphatic imine (C=N–C) groups is 1. The maximum atomic E-state index is 12.0. The van der Waals surface area contributed by atoms with Crippen molar-refractivity contribution in [1.82, 2.24) is 9.88 Å². The van der Waals surface area contributed by atoms with Crippen LogP contribution in [0.5, 0.6) is 0 Å². The molecule has 0 saturated heterocycles. The van der Waals surface area contributed by atoms with Gasteiger partial charge in [-0.2, -0.15) is 11.8 Å². The Morgan fingerprint density at radius 1 is 1.62 bits per heavy atom. The zero-order chi connectivity index (χ0) is 15.8. The van der Waals surface area contributed by atoms with Gasteiger partial charge in [0.25, 0.3) is 0 Å². The molecule has 0 aliphatic rings. The van der Waals surface area contributed by atoms with Gasteiger partial charge in [0.15, 0.2) is 0 Å². The molecule has 0 bridgehead atoms. The molecule has 0 aliphatic carbocycles. The molecule has 1 N–H and O–H groups in total. The predicted octanol–water partition coefficient (Wildman–Crippen LogP) is 3.23. The second-order valence-corrected chi connectivity index (χ2v) is 6.01. The SMILES string of the molecule is CSCCC(=O)N(C)C(C=Nc1cncc(Cl)c1)C(=N)Cl. The monoisotopic (exact) mass is 346 g/mol. The molecule has 1 aromatic heterocycles. The molecule has 1 rings (SSSR count). The first-order valence-corrected chi connectivity index (χ1v) is 8.24. The third kappa shape index (κ3) is 6.03. The van der Waals surface area contributed by atoms with Gasteiger partial charge in [-0.15, -0.1) is 0 Å². The Labute approximate surface area is 138 Å². The summed E-state index contributed by atoms with van der Waals surface area (Å²) in [6.07, 6.45) is 6.80. The van der Waals surface area contributed by atoms with E-state index in [9.17, 15) is 4.79 Å². The van der Waals surface area contributed by atoms with Gasteiger partial charge >= 0.3 is 0 Å². The summed E-state index contributed by atoms with van der Waals surface area (Å²) in [5.74, 6) is 0.636. The average Bonchev–Trinajstić information content (AvgIpc) is 2.44. The number of rotatable bonds is 7. The molecule has 21 heavy (non-hydrogen) atoms. The van der Waals surface area contributed by atoms with Gasteiger partial charge < -0.3 is 4.90 Å². The van der Waals surface area contributed by atoms with Crippen LogP contribution in [0.25, 0.3) is 0 Å². The second-order valence-electron chi connectivity index (χ2n) is 4.18. The summed E-state index contributed by atoms with van der Waals surface area (Å²) in [4.78, 5) is 21.5. The van der Waals surface area contributed by atoms with Gasteiger partial charge in [-0.1, -0.05) is 23.2 Å². The minimum atomic E-state index is -0.694. The van der Waals surface area contributed by atoms with E-state index in [4.69, 9.17) is 28.6 Å². The highest BCUT2D eigenvalue weighted by atomic mass is 35.5. The van der Waals surface area contributed by atoms with Crippen molar-refractivity contribution in [2.75, 3.05) is 19.1 Å². The molecule has 0 radical (unpaired) electrons. The number of amides is 1. The summed E-state index contributed by atoms with van der Waals surface area (Å²) >= 11 is 13.2. The highest BCUT2D eigenvalue weighted by Gasteiger charge is 2.21. The van der Waals surface area contributed by atoms with E-state index in [0.29, 0.717) is 17.1 Å². The molecule has 0 aliphatic heterocycles. The van der Waals surface area contributed by atoms with E-state index in [2.05, 4.69) is 9.98 Å². The number of thioether (sulfide) groups is 1. The largest absolute Gasteiger partial charge is 0.331 e. The molecule has 0 aromatic carbocycles. The molecule has 1 amide bonds. The van der Waals surface area contributed by atoms with Crippen molar-refractivity contribution < 1.29 is 4.79 Å². The Morgan fingerprint density at radius 3 is 2.90 bits per heavy atom.